The first kappa shape index (κ1) is 41.0. The molecule has 4 aliphatic carbocycles. The van der Waals surface area contributed by atoms with E-state index < -0.39 is 63.7 Å². The van der Waals surface area contributed by atoms with Crippen molar-refractivity contribution in [2.75, 3.05) is 6.61 Å². The van der Waals surface area contributed by atoms with Crippen LogP contribution < -0.4 is 0 Å². The molecule has 0 saturated heterocycles. The summed E-state index contributed by atoms with van der Waals surface area (Å²) in [5.41, 5.74) is -4.82. The SMILES string of the molecule is CC/C=C/C(=O)O[C@]12C(C3C=C(COC(=O)CCCCCCC/C=C/C/C=C/CCCCC)C[C@]4(O)C(=O)C(C)=CC4[C@@]3(O)[C@H](C)[C@H]1O)C2(C)C. The van der Waals surface area contributed by atoms with Gasteiger partial charge in [0, 0.05) is 48.0 Å². The monoisotopic (exact) mass is 708 g/mol. The molecule has 0 spiro atoms. The molecular formula is C43H64O8. The van der Waals surface area contributed by atoms with Crippen LogP contribution in [0.5, 0.6) is 0 Å². The van der Waals surface area contributed by atoms with E-state index in [0.29, 0.717) is 17.6 Å². The molecule has 2 fully saturated rings. The molecule has 0 aliphatic heterocycles. The molecule has 8 nitrogen and oxygen atoms in total. The van der Waals surface area contributed by atoms with E-state index in [1.807, 2.05) is 26.8 Å². The molecule has 3 unspecified atom stereocenters. The van der Waals surface area contributed by atoms with E-state index in [1.54, 1.807) is 26.0 Å². The van der Waals surface area contributed by atoms with Crippen LogP contribution in [0.15, 0.2) is 59.8 Å². The van der Waals surface area contributed by atoms with Gasteiger partial charge in [0.2, 0.25) is 0 Å². The fourth-order valence-electron chi connectivity index (χ4n) is 9.40. The highest BCUT2D eigenvalue weighted by molar-refractivity contribution is 6.04. The summed E-state index contributed by atoms with van der Waals surface area (Å²) >= 11 is 0. The summed E-state index contributed by atoms with van der Waals surface area (Å²) < 4.78 is 11.8. The fourth-order valence-corrected chi connectivity index (χ4v) is 9.40. The Hall–Kier alpha value is -2.81. The Labute approximate surface area is 306 Å². The lowest BCUT2D eigenvalue weighted by Crippen LogP contribution is -2.65. The second-order valence-corrected chi connectivity index (χ2v) is 16.1. The third-order valence-electron chi connectivity index (χ3n) is 12.3. The number of carbonyl (C=O) groups is 3. The molecule has 4 aliphatic rings. The Kier molecular flexibility index (Phi) is 13.9. The van der Waals surface area contributed by atoms with E-state index in [2.05, 4.69) is 31.2 Å². The highest BCUT2D eigenvalue weighted by Crippen LogP contribution is 2.76. The highest BCUT2D eigenvalue weighted by Gasteiger charge is 2.86. The molecule has 0 aromatic carbocycles. The molecule has 4 rings (SSSR count). The molecule has 0 aromatic heterocycles. The number of aliphatic hydroxyl groups is 3. The molecule has 0 aromatic rings. The van der Waals surface area contributed by atoms with Gasteiger partial charge in [-0.15, -0.1) is 0 Å². The van der Waals surface area contributed by atoms with Crippen molar-refractivity contribution >= 4 is 17.7 Å². The second-order valence-electron chi connectivity index (χ2n) is 16.1. The van der Waals surface area contributed by atoms with Crippen molar-refractivity contribution in [2.24, 2.45) is 29.1 Å². The number of ketones is 1. The van der Waals surface area contributed by atoms with Gasteiger partial charge in [0.15, 0.2) is 5.78 Å². The third-order valence-corrected chi connectivity index (χ3v) is 12.3. The standard InChI is InChI=1S/C43H64O8/c1-7-9-11-12-13-14-15-16-17-18-19-20-21-22-23-25-35(44)50-29-32-27-33-37-40(5,6)43(37,51-36(45)24-10-8-2)39(47)31(4)42(33,49)34-26-30(3)38(46)41(34,48)28-32/h10,13-14,16-17,24,26-27,31,33-34,37,39,47-49H,7-9,11-12,15,18-23,25,28-29H2,1-6H3/b14-13+,17-16+,24-10+/t31-,33?,34?,37?,39-,41-,42-,43-/m1/s1. The van der Waals surface area contributed by atoms with Crippen LogP contribution in [0.25, 0.3) is 0 Å². The molecule has 0 heterocycles. The quantitative estimate of drug-likeness (QED) is 0.0536. The van der Waals surface area contributed by atoms with Crippen LogP contribution >= 0.6 is 0 Å². The van der Waals surface area contributed by atoms with Gasteiger partial charge in [0.25, 0.3) is 0 Å². The van der Waals surface area contributed by atoms with Gasteiger partial charge in [-0.05, 0) is 63.0 Å². The number of allylic oxidation sites excluding steroid dienone is 5. The Bertz CT molecular complexity index is 1400. The predicted molar refractivity (Wildman–Crippen MR) is 199 cm³/mol. The zero-order chi connectivity index (χ0) is 37.5. The number of aliphatic hydroxyl groups excluding tert-OH is 1. The lowest BCUT2D eigenvalue weighted by Gasteiger charge is -2.52. The van der Waals surface area contributed by atoms with Crippen molar-refractivity contribution in [1.82, 2.24) is 0 Å². The van der Waals surface area contributed by atoms with Gasteiger partial charge in [-0.3, -0.25) is 9.59 Å². The average Bonchev–Trinajstić information content (AvgIpc) is 3.52. The van der Waals surface area contributed by atoms with Crippen LogP contribution in [0.3, 0.4) is 0 Å². The number of hydrogen-bond acceptors (Lipinski definition) is 8. The number of ether oxygens (including phenoxy) is 2. The summed E-state index contributed by atoms with van der Waals surface area (Å²) in [4.78, 5) is 39.2. The van der Waals surface area contributed by atoms with Gasteiger partial charge in [-0.25, -0.2) is 4.79 Å². The van der Waals surface area contributed by atoms with Crippen molar-refractivity contribution in [1.29, 1.82) is 0 Å². The number of unbranched alkanes of at least 4 members (excludes halogenated alkanes) is 8. The lowest BCUT2D eigenvalue weighted by atomic mass is 9.59. The van der Waals surface area contributed by atoms with Crippen LogP contribution in [-0.4, -0.2) is 62.6 Å². The Morgan fingerprint density at radius 3 is 2.24 bits per heavy atom. The van der Waals surface area contributed by atoms with Crippen LogP contribution in [-0.2, 0) is 23.9 Å². The molecule has 8 atom stereocenters. The zero-order valence-corrected chi connectivity index (χ0v) is 32.0. The van der Waals surface area contributed by atoms with Crippen LogP contribution in [0.4, 0.5) is 0 Å². The lowest BCUT2D eigenvalue weighted by molar-refractivity contribution is -0.217. The van der Waals surface area contributed by atoms with Crippen molar-refractivity contribution in [3.63, 3.8) is 0 Å². The van der Waals surface area contributed by atoms with Gasteiger partial charge in [-0.1, -0.05) is 109 Å². The molecule has 0 radical (unpaired) electrons. The first-order valence-electron chi connectivity index (χ1n) is 19.6. The molecule has 284 valence electrons. The Balaban J connectivity index is 1.36. The van der Waals surface area contributed by atoms with Crippen molar-refractivity contribution in [3.8, 4) is 0 Å². The normalized spacial score (nSPS) is 33.8. The smallest absolute Gasteiger partial charge is 0.331 e. The summed E-state index contributed by atoms with van der Waals surface area (Å²) in [7, 11) is 0. The summed E-state index contributed by atoms with van der Waals surface area (Å²) in [6.45, 7) is 11.1. The van der Waals surface area contributed by atoms with E-state index >= 15 is 0 Å². The van der Waals surface area contributed by atoms with Crippen molar-refractivity contribution < 1.29 is 39.2 Å². The second kappa shape index (κ2) is 17.3. The fraction of sp³-hybridized carbons (Fsp3) is 0.698. The van der Waals surface area contributed by atoms with Crippen LogP contribution in [0.2, 0.25) is 0 Å². The summed E-state index contributed by atoms with van der Waals surface area (Å²) in [6.07, 6.45) is 27.1. The van der Waals surface area contributed by atoms with Crippen LogP contribution in [0, 0.1) is 29.1 Å². The van der Waals surface area contributed by atoms with E-state index in [0.717, 1.165) is 44.9 Å². The molecule has 2 saturated carbocycles. The predicted octanol–water partition coefficient (Wildman–Crippen LogP) is 7.81. The summed E-state index contributed by atoms with van der Waals surface area (Å²) in [5.74, 6) is -4.47. The minimum atomic E-state index is -1.96. The minimum absolute atomic E-state index is 0.109. The molecule has 3 N–H and O–H groups in total. The van der Waals surface area contributed by atoms with E-state index in [1.165, 1.54) is 31.8 Å². The molecule has 8 heteroatoms. The molecule has 0 amide bonds. The van der Waals surface area contributed by atoms with E-state index in [-0.39, 0.29) is 25.4 Å². The van der Waals surface area contributed by atoms with Gasteiger partial charge in [-0.2, -0.15) is 0 Å². The number of esters is 2. The highest BCUT2D eigenvalue weighted by atomic mass is 16.6. The number of rotatable bonds is 19. The maximum Gasteiger partial charge on any atom is 0.331 e. The zero-order valence-electron chi connectivity index (χ0n) is 32.0. The number of Topliss-reactive ketones (excluding diaryl/α,β-unsaturated/α-hetero) is 1. The maximum absolute atomic E-state index is 13.5. The average molecular weight is 709 g/mol. The molecule has 51 heavy (non-hydrogen) atoms. The number of fused-ring (bicyclic) bond motifs is 5. The summed E-state index contributed by atoms with van der Waals surface area (Å²) in [5, 5.41) is 36.5. The molecular weight excluding hydrogens is 644 g/mol. The Morgan fingerprint density at radius 2 is 1.57 bits per heavy atom. The first-order valence-corrected chi connectivity index (χ1v) is 19.6. The molecule has 0 bridgehead atoms. The van der Waals surface area contributed by atoms with Gasteiger partial charge in [0.1, 0.15) is 17.8 Å². The van der Waals surface area contributed by atoms with Crippen LogP contribution in [0.1, 0.15) is 131 Å². The van der Waals surface area contributed by atoms with Gasteiger partial charge >= 0.3 is 11.9 Å². The Morgan fingerprint density at radius 1 is 0.922 bits per heavy atom. The van der Waals surface area contributed by atoms with Crippen molar-refractivity contribution in [3.05, 3.63) is 59.8 Å². The van der Waals surface area contributed by atoms with Crippen molar-refractivity contribution in [2.45, 2.75) is 154 Å². The van der Waals surface area contributed by atoms with E-state index in [9.17, 15) is 29.7 Å². The number of carbonyl (C=O) groups excluding carboxylic acids is 3. The maximum atomic E-state index is 13.5. The largest absolute Gasteiger partial charge is 0.461 e. The van der Waals surface area contributed by atoms with Gasteiger partial charge < -0.3 is 24.8 Å². The van der Waals surface area contributed by atoms with Gasteiger partial charge in [0.05, 0.1) is 11.7 Å². The van der Waals surface area contributed by atoms with E-state index in [4.69, 9.17) is 9.47 Å². The minimum Gasteiger partial charge on any atom is -0.461 e. The number of hydrogen-bond donors (Lipinski definition) is 3. The first-order chi connectivity index (χ1) is 24.2. The summed E-state index contributed by atoms with van der Waals surface area (Å²) in [6, 6.07) is 0. The topological polar surface area (TPSA) is 130 Å². The third kappa shape index (κ3) is 8.23.